The molecule has 8 heteroatoms. The van der Waals surface area contributed by atoms with E-state index >= 15 is 0 Å². The third-order valence-electron chi connectivity index (χ3n) is 3.00. The molecule has 0 bridgehead atoms. The molecule has 1 fully saturated rings. The van der Waals surface area contributed by atoms with Crippen LogP contribution in [0.1, 0.15) is 12.8 Å². The SMILES string of the molecule is COCCOCCCNC(=O)N1C[C@H](O)C[C@@H]1C(=O)O. The van der Waals surface area contributed by atoms with Crippen LogP contribution in [0.15, 0.2) is 0 Å². The highest BCUT2D eigenvalue weighted by Gasteiger charge is 2.38. The Morgan fingerprint density at radius 2 is 2.10 bits per heavy atom. The van der Waals surface area contributed by atoms with E-state index in [-0.39, 0.29) is 13.0 Å². The van der Waals surface area contributed by atoms with E-state index in [1.54, 1.807) is 7.11 Å². The van der Waals surface area contributed by atoms with Crippen LogP contribution >= 0.6 is 0 Å². The summed E-state index contributed by atoms with van der Waals surface area (Å²) >= 11 is 0. The average Bonchev–Trinajstić information content (AvgIpc) is 2.80. The van der Waals surface area contributed by atoms with Crippen LogP contribution in [0.5, 0.6) is 0 Å². The van der Waals surface area contributed by atoms with E-state index in [2.05, 4.69) is 5.32 Å². The number of β-amino-alcohol motifs (C(OH)–C–C–N with tert-alkyl or cyclic N) is 1. The summed E-state index contributed by atoms with van der Waals surface area (Å²) in [6.45, 7) is 1.97. The number of carbonyl (C=O) groups is 2. The molecule has 0 spiro atoms. The molecule has 0 saturated carbocycles. The first kappa shape index (κ1) is 16.7. The Bertz CT molecular complexity index is 325. The maximum atomic E-state index is 11.8. The predicted octanol–water partition coefficient (Wildman–Crippen LogP) is -0.731. The second-order valence-corrected chi connectivity index (χ2v) is 4.59. The van der Waals surface area contributed by atoms with Gasteiger partial charge in [-0.05, 0) is 6.42 Å². The van der Waals surface area contributed by atoms with Crippen molar-refractivity contribution in [3.63, 3.8) is 0 Å². The third kappa shape index (κ3) is 5.32. The monoisotopic (exact) mass is 290 g/mol. The number of ether oxygens (including phenoxy) is 2. The highest BCUT2D eigenvalue weighted by atomic mass is 16.5. The van der Waals surface area contributed by atoms with Gasteiger partial charge in [0.25, 0.3) is 0 Å². The van der Waals surface area contributed by atoms with Gasteiger partial charge in [0.1, 0.15) is 6.04 Å². The summed E-state index contributed by atoms with van der Waals surface area (Å²) in [5.41, 5.74) is 0. The van der Waals surface area contributed by atoms with Crippen LogP contribution in [0.4, 0.5) is 4.79 Å². The van der Waals surface area contributed by atoms with E-state index in [1.165, 1.54) is 0 Å². The van der Waals surface area contributed by atoms with Crippen molar-refractivity contribution in [3.8, 4) is 0 Å². The summed E-state index contributed by atoms with van der Waals surface area (Å²) in [6.07, 6.45) is -0.0776. The number of hydrogen-bond acceptors (Lipinski definition) is 5. The number of aliphatic hydroxyl groups excluding tert-OH is 1. The molecular formula is C12H22N2O6. The molecule has 3 N–H and O–H groups in total. The molecule has 1 heterocycles. The summed E-state index contributed by atoms with van der Waals surface area (Å²) in [4.78, 5) is 23.9. The number of aliphatic hydroxyl groups is 1. The van der Waals surface area contributed by atoms with Crippen molar-refractivity contribution in [1.29, 1.82) is 0 Å². The fourth-order valence-electron chi connectivity index (χ4n) is 1.99. The Labute approximate surface area is 117 Å². The zero-order valence-electron chi connectivity index (χ0n) is 11.6. The Morgan fingerprint density at radius 1 is 1.35 bits per heavy atom. The number of nitrogens with zero attached hydrogens (tertiary/aromatic N) is 1. The van der Waals surface area contributed by atoms with E-state index in [4.69, 9.17) is 14.6 Å². The molecule has 20 heavy (non-hydrogen) atoms. The van der Waals surface area contributed by atoms with E-state index in [9.17, 15) is 14.7 Å². The average molecular weight is 290 g/mol. The van der Waals surface area contributed by atoms with Crippen LogP contribution in [0.2, 0.25) is 0 Å². The van der Waals surface area contributed by atoms with Gasteiger partial charge in [-0.15, -0.1) is 0 Å². The molecule has 1 rings (SSSR count). The number of nitrogens with one attached hydrogen (secondary N) is 1. The predicted molar refractivity (Wildman–Crippen MR) is 69.5 cm³/mol. The minimum absolute atomic E-state index is 0.0487. The normalized spacial score (nSPS) is 22.0. The number of carboxylic acid groups (broad SMARTS) is 1. The van der Waals surface area contributed by atoms with E-state index in [0.29, 0.717) is 32.8 Å². The molecule has 1 aliphatic rings. The molecule has 1 aliphatic heterocycles. The fraction of sp³-hybridized carbons (Fsp3) is 0.833. The maximum Gasteiger partial charge on any atom is 0.326 e. The first-order valence-corrected chi connectivity index (χ1v) is 6.58. The Hall–Kier alpha value is -1.38. The van der Waals surface area contributed by atoms with Gasteiger partial charge >= 0.3 is 12.0 Å². The summed E-state index contributed by atoms with van der Waals surface area (Å²) in [6, 6.07) is -1.42. The maximum absolute atomic E-state index is 11.8. The molecule has 8 nitrogen and oxygen atoms in total. The lowest BCUT2D eigenvalue weighted by molar-refractivity contribution is -0.141. The number of amides is 2. The zero-order chi connectivity index (χ0) is 15.0. The van der Waals surface area contributed by atoms with Crippen LogP contribution in [0.3, 0.4) is 0 Å². The Balaban J connectivity index is 2.20. The number of methoxy groups -OCH3 is 1. The van der Waals surface area contributed by atoms with Gasteiger partial charge in [-0.25, -0.2) is 9.59 Å². The van der Waals surface area contributed by atoms with Crippen molar-refractivity contribution in [2.75, 3.05) is 40.0 Å². The number of carbonyl (C=O) groups excluding carboxylic acids is 1. The van der Waals surface area contributed by atoms with Crippen molar-refractivity contribution in [3.05, 3.63) is 0 Å². The molecule has 0 aromatic carbocycles. The molecule has 0 aromatic rings. The highest BCUT2D eigenvalue weighted by molar-refractivity contribution is 5.83. The molecule has 0 radical (unpaired) electrons. The quantitative estimate of drug-likeness (QED) is 0.509. The van der Waals surface area contributed by atoms with Crippen LogP contribution in [0.25, 0.3) is 0 Å². The number of carboxylic acids is 1. The minimum Gasteiger partial charge on any atom is -0.480 e. The number of urea groups is 1. The number of rotatable bonds is 8. The van der Waals surface area contributed by atoms with Gasteiger partial charge in [-0.1, -0.05) is 0 Å². The summed E-state index contributed by atoms with van der Waals surface area (Å²) in [5.74, 6) is -1.10. The standard InChI is InChI=1S/C12H22N2O6/c1-19-5-6-20-4-2-3-13-12(18)14-8-9(15)7-10(14)11(16)17/h9-10,15H,2-8H2,1H3,(H,13,18)(H,16,17)/t9-,10-/m1/s1. The van der Waals surface area contributed by atoms with Crippen molar-refractivity contribution < 1.29 is 29.3 Å². The van der Waals surface area contributed by atoms with Gasteiger partial charge in [-0.3, -0.25) is 0 Å². The lowest BCUT2D eigenvalue weighted by atomic mass is 10.2. The van der Waals surface area contributed by atoms with Crippen LogP contribution < -0.4 is 5.32 Å². The highest BCUT2D eigenvalue weighted by Crippen LogP contribution is 2.17. The van der Waals surface area contributed by atoms with Crippen molar-refractivity contribution in [1.82, 2.24) is 10.2 Å². The van der Waals surface area contributed by atoms with E-state index < -0.39 is 24.1 Å². The minimum atomic E-state index is -1.10. The lowest BCUT2D eigenvalue weighted by Crippen LogP contribution is -2.46. The number of likely N-dealkylation sites (tertiary alicyclic amines) is 1. The number of aliphatic carboxylic acids is 1. The smallest absolute Gasteiger partial charge is 0.326 e. The molecule has 0 unspecified atom stereocenters. The topological polar surface area (TPSA) is 108 Å². The van der Waals surface area contributed by atoms with Gasteiger partial charge in [0, 0.05) is 33.2 Å². The third-order valence-corrected chi connectivity index (χ3v) is 3.00. The van der Waals surface area contributed by atoms with Gasteiger partial charge in [0.15, 0.2) is 0 Å². The molecule has 0 aliphatic carbocycles. The van der Waals surface area contributed by atoms with Gasteiger partial charge in [0.2, 0.25) is 0 Å². The summed E-state index contributed by atoms with van der Waals surface area (Å²) < 4.78 is 10.1. The molecule has 0 aromatic heterocycles. The van der Waals surface area contributed by atoms with Crippen LogP contribution in [0, 0.1) is 0 Å². The van der Waals surface area contributed by atoms with Crippen molar-refractivity contribution in [2.24, 2.45) is 0 Å². The molecular weight excluding hydrogens is 268 g/mol. The van der Waals surface area contributed by atoms with E-state index in [1.807, 2.05) is 0 Å². The van der Waals surface area contributed by atoms with Crippen molar-refractivity contribution >= 4 is 12.0 Å². The molecule has 2 amide bonds. The number of hydrogen-bond donors (Lipinski definition) is 3. The lowest BCUT2D eigenvalue weighted by Gasteiger charge is -2.21. The van der Waals surface area contributed by atoms with Crippen LogP contribution in [-0.2, 0) is 14.3 Å². The van der Waals surface area contributed by atoms with Gasteiger partial charge in [-0.2, -0.15) is 0 Å². The first-order valence-electron chi connectivity index (χ1n) is 6.58. The Kier molecular flexibility index (Phi) is 7.27. The van der Waals surface area contributed by atoms with Gasteiger partial charge < -0.3 is 29.9 Å². The molecule has 2 atom stereocenters. The second-order valence-electron chi connectivity index (χ2n) is 4.59. The Morgan fingerprint density at radius 3 is 2.75 bits per heavy atom. The first-order chi connectivity index (χ1) is 9.56. The summed E-state index contributed by atoms with van der Waals surface area (Å²) in [5, 5.41) is 21.0. The van der Waals surface area contributed by atoms with Crippen LogP contribution in [-0.4, -0.2) is 79.3 Å². The largest absolute Gasteiger partial charge is 0.480 e. The van der Waals surface area contributed by atoms with E-state index in [0.717, 1.165) is 4.90 Å². The van der Waals surface area contributed by atoms with Gasteiger partial charge in [0.05, 0.1) is 19.3 Å². The zero-order valence-corrected chi connectivity index (χ0v) is 11.6. The van der Waals surface area contributed by atoms with Crippen molar-refractivity contribution in [2.45, 2.75) is 25.0 Å². The fourth-order valence-corrected chi connectivity index (χ4v) is 1.99. The second kappa shape index (κ2) is 8.72. The molecule has 1 saturated heterocycles. The molecule has 116 valence electrons. The summed E-state index contributed by atoms with van der Waals surface area (Å²) in [7, 11) is 1.59.